The van der Waals surface area contributed by atoms with E-state index in [2.05, 4.69) is 10.5 Å². The number of carbonyl (C=O) groups excluding carboxylic acids is 1. The summed E-state index contributed by atoms with van der Waals surface area (Å²) in [6.07, 6.45) is 1.22. The lowest BCUT2D eigenvalue weighted by molar-refractivity contribution is -0.384. The van der Waals surface area contributed by atoms with Crippen molar-refractivity contribution in [2.75, 3.05) is 0 Å². The largest absolute Gasteiger partial charge is 0.455 e. The molecular weight excluding hydrogens is 368 g/mol. The molecule has 28 heavy (non-hydrogen) atoms. The van der Waals surface area contributed by atoms with E-state index in [1.54, 1.807) is 24.3 Å². The Morgan fingerprint density at radius 1 is 1.00 bits per heavy atom. The number of rotatable bonds is 6. The van der Waals surface area contributed by atoms with Crippen LogP contribution in [0.2, 0.25) is 0 Å². The standard InChI is InChI=1S/C18H12N4O6/c23-18(12-4-3-5-13(10-12)21(24)25)20-19-11-14-8-9-17(28-14)15-6-1-2-7-16(15)22(26)27/h1-11H,(H,20,23)/b19-11-. The average Bonchev–Trinajstić information content (AvgIpc) is 3.16. The summed E-state index contributed by atoms with van der Waals surface area (Å²) in [5.74, 6) is -0.100. The number of nitro benzene ring substituents is 2. The summed E-state index contributed by atoms with van der Waals surface area (Å²) in [6, 6.07) is 14.4. The van der Waals surface area contributed by atoms with Gasteiger partial charge in [0.15, 0.2) is 0 Å². The summed E-state index contributed by atoms with van der Waals surface area (Å²) in [6.45, 7) is 0. The smallest absolute Gasteiger partial charge is 0.280 e. The normalized spacial score (nSPS) is 10.7. The number of para-hydroxylation sites is 1. The number of nitro groups is 2. The van der Waals surface area contributed by atoms with Gasteiger partial charge in [0.2, 0.25) is 0 Å². The molecular formula is C18H12N4O6. The maximum absolute atomic E-state index is 12.0. The first-order valence-corrected chi connectivity index (χ1v) is 7.87. The number of furan rings is 1. The van der Waals surface area contributed by atoms with Gasteiger partial charge in [-0.25, -0.2) is 5.43 Å². The molecule has 3 aromatic rings. The molecule has 3 rings (SSSR count). The first-order valence-electron chi connectivity index (χ1n) is 7.87. The minimum absolute atomic E-state index is 0.0754. The zero-order valence-electron chi connectivity index (χ0n) is 14.1. The van der Waals surface area contributed by atoms with E-state index in [-0.39, 0.29) is 28.5 Å². The van der Waals surface area contributed by atoms with Crippen LogP contribution >= 0.6 is 0 Å². The molecule has 0 atom stereocenters. The van der Waals surface area contributed by atoms with Crippen molar-refractivity contribution in [1.82, 2.24) is 5.43 Å². The molecule has 10 heteroatoms. The highest BCUT2D eigenvalue weighted by Crippen LogP contribution is 2.30. The molecule has 0 aliphatic carbocycles. The van der Waals surface area contributed by atoms with Gasteiger partial charge in [-0.15, -0.1) is 0 Å². The molecule has 1 heterocycles. The molecule has 0 spiro atoms. The van der Waals surface area contributed by atoms with Crippen molar-refractivity contribution < 1.29 is 19.1 Å². The van der Waals surface area contributed by atoms with E-state index in [1.807, 2.05) is 0 Å². The van der Waals surface area contributed by atoms with Gasteiger partial charge < -0.3 is 4.42 Å². The molecule has 10 nitrogen and oxygen atoms in total. The summed E-state index contributed by atoms with van der Waals surface area (Å²) in [7, 11) is 0. The van der Waals surface area contributed by atoms with Crippen molar-refractivity contribution in [3.05, 3.63) is 92.2 Å². The zero-order valence-corrected chi connectivity index (χ0v) is 14.1. The molecule has 0 saturated carbocycles. The van der Waals surface area contributed by atoms with Gasteiger partial charge in [0.05, 0.1) is 21.6 Å². The number of non-ortho nitro benzene ring substituents is 1. The fourth-order valence-corrected chi connectivity index (χ4v) is 2.39. The number of nitrogens with one attached hydrogen (secondary N) is 1. The van der Waals surface area contributed by atoms with Crippen LogP contribution in [-0.4, -0.2) is 22.0 Å². The number of nitrogens with zero attached hydrogens (tertiary/aromatic N) is 3. The van der Waals surface area contributed by atoms with Crippen molar-refractivity contribution >= 4 is 23.5 Å². The number of benzene rings is 2. The molecule has 1 aromatic heterocycles. The van der Waals surface area contributed by atoms with Crippen molar-refractivity contribution in [2.24, 2.45) is 5.10 Å². The maximum atomic E-state index is 12.0. The zero-order chi connectivity index (χ0) is 20.1. The third kappa shape index (κ3) is 4.07. The highest BCUT2D eigenvalue weighted by atomic mass is 16.6. The van der Waals surface area contributed by atoms with Gasteiger partial charge in [-0.2, -0.15) is 5.10 Å². The van der Waals surface area contributed by atoms with Gasteiger partial charge in [-0.1, -0.05) is 18.2 Å². The van der Waals surface area contributed by atoms with Gasteiger partial charge in [-0.05, 0) is 24.3 Å². The maximum Gasteiger partial charge on any atom is 0.280 e. The van der Waals surface area contributed by atoms with Crippen LogP contribution in [-0.2, 0) is 0 Å². The van der Waals surface area contributed by atoms with Gasteiger partial charge in [0, 0.05) is 23.8 Å². The fourth-order valence-electron chi connectivity index (χ4n) is 2.39. The van der Waals surface area contributed by atoms with E-state index < -0.39 is 15.8 Å². The van der Waals surface area contributed by atoms with E-state index in [0.29, 0.717) is 5.56 Å². The first kappa shape index (κ1) is 18.5. The molecule has 0 bridgehead atoms. The van der Waals surface area contributed by atoms with Gasteiger partial charge >= 0.3 is 0 Å². The minimum Gasteiger partial charge on any atom is -0.455 e. The van der Waals surface area contributed by atoms with Crippen LogP contribution in [0.1, 0.15) is 16.1 Å². The minimum atomic E-state index is -0.634. The highest BCUT2D eigenvalue weighted by molar-refractivity contribution is 5.95. The Labute approximate surface area is 157 Å². The molecule has 0 fully saturated rings. The lowest BCUT2D eigenvalue weighted by Crippen LogP contribution is -2.17. The molecule has 0 aliphatic rings. The Hall–Kier alpha value is -4.34. The number of hydrogen-bond acceptors (Lipinski definition) is 7. The molecule has 1 amide bonds. The van der Waals surface area contributed by atoms with E-state index in [1.165, 1.54) is 36.5 Å². The van der Waals surface area contributed by atoms with Crippen molar-refractivity contribution in [2.45, 2.75) is 0 Å². The molecule has 0 radical (unpaired) electrons. The molecule has 0 unspecified atom stereocenters. The molecule has 2 aromatic carbocycles. The van der Waals surface area contributed by atoms with Crippen LogP contribution < -0.4 is 5.43 Å². The molecule has 140 valence electrons. The van der Waals surface area contributed by atoms with Crippen LogP contribution in [0.4, 0.5) is 11.4 Å². The summed E-state index contributed by atoms with van der Waals surface area (Å²) >= 11 is 0. The molecule has 1 N–H and O–H groups in total. The Kier molecular flexibility index (Phi) is 5.21. The van der Waals surface area contributed by atoms with E-state index in [9.17, 15) is 25.0 Å². The van der Waals surface area contributed by atoms with E-state index in [0.717, 1.165) is 6.07 Å². The predicted molar refractivity (Wildman–Crippen MR) is 99.0 cm³/mol. The fraction of sp³-hybridized carbons (Fsp3) is 0. The first-order chi connectivity index (χ1) is 13.5. The van der Waals surface area contributed by atoms with Gasteiger partial charge in [0.25, 0.3) is 17.3 Å². The third-order valence-corrected chi connectivity index (χ3v) is 3.67. The number of hydrogen-bond donors (Lipinski definition) is 1. The Morgan fingerprint density at radius 3 is 2.54 bits per heavy atom. The summed E-state index contributed by atoms with van der Waals surface area (Å²) in [4.78, 5) is 32.7. The van der Waals surface area contributed by atoms with Crippen molar-refractivity contribution in [3.63, 3.8) is 0 Å². The second-order valence-electron chi connectivity index (χ2n) is 5.48. The van der Waals surface area contributed by atoms with Crippen LogP contribution in [0.5, 0.6) is 0 Å². The second-order valence-corrected chi connectivity index (χ2v) is 5.48. The average molecular weight is 380 g/mol. The topological polar surface area (TPSA) is 141 Å². The Balaban J connectivity index is 1.71. The summed E-state index contributed by atoms with van der Waals surface area (Å²) in [5, 5.41) is 25.6. The summed E-state index contributed by atoms with van der Waals surface area (Å²) < 4.78 is 5.50. The Morgan fingerprint density at radius 2 is 1.79 bits per heavy atom. The van der Waals surface area contributed by atoms with E-state index >= 15 is 0 Å². The number of amides is 1. The molecule has 0 aliphatic heterocycles. The summed E-state index contributed by atoms with van der Waals surface area (Å²) in [5.41, 5.74) is 2.31. The number of carbonyl (C=O) groups is 1. The van der Waals surface area contributed by atoms with Crippen LogP contribution in [0, 0.1) is 20.2 Å². The quantitative estimate of drug-likeness (QED) is 0.394. The Bertz CT molecular complexity index is 1090. The van der Waals surface area contributed by atoms with E-state index in [4.69, 9.17) is 4.42 Å². The predicted octanol–water partition coefficient (Wildman–Crippen LogP) is 3.53. The van der Waals surface area contributed by atoms with Crippen LogP contribution in [0.3, 0.4) is 0 Å². The van der Waals surface area contributed by atoms with Crippen LogP contribution in [0.25, 0.3) is 11.3 Å². The number of hydrazone groups is 1. The highest BCUT2D eigenvalue weighted by Gasteiger charge is 2.17. The SMILES string of the molecule is O=C(N/N=C\c1ccc(-c2ccccc2[N+](=O)[O-])o1)c1cccc([N+](=O)[O-])c1. The second kappa shape index (κ2) is 7.91. The molecule has 0 saturated heterocycles. The lowest BCUT2D eigenvalue weighted by Gasteiger charge is -1.99. The van der Waals surface area contributed by atoms with Crippen molar-refractivity contribution in [3.8, 4) is 11.3 Å². The van der Waals surface area contributed by atoms with Crippen molar-refractivity contribution in [1.29, 1.82) is 0 Å². The lowest BCUT2D eigenvalue weighted by atomic mass is 10.1. The van der Waals surface area contributed by atoms with Crippen LogP contribution in [0.15, 0.2) is 70.2 Å². The van der Waals surface area contributed by atoms with Gasteiger partial charge in [-0.3, -0.25) is 25.0 Å². The third-order valence-electron chi connectivity index (χ3n) is 3.67. The monoisotopic (exact) mass is 380 g/mol. The van der Waals surface area contributed by atoms with Gasteiger partial charge in [0.1, 0.15) is 11.5 Å².